The first kappa shape index (κ1) is 66.4. The van der Waals surface area contributed by atoms with Gasteiger partial charge < -0.3 is 59.7 Å². The number of azide groups is 3. The number of benzene rings is 1. The number of nitrogens with zero attached hydrogens (tertiary/aromatic N) is 9. The van der Waals surface area contributed by atoms with Crippen LogP contribution in [0.15, 0.2) is 15.3 Å². The highest BCUT2D eigenvalue weighted by molar-refractivity contribution is 5.91. The lowest BCUT2D eigenvalue weighted by Gasteiger charge is -2.23. The fraction of sp³-hybridized carbons (Fsp3) is 0.721. The predicted molar refractivity (Wildman–Crippen MR) is 252 cm³/mol. The summed E-state index contributed by atoms with van der Waals surface area (Å²) in [7, 11) is 0. The van der Waals surface area contributed by atoms with Crippen molar-refractivity contribution in [1.29, 1.82) is 0 Å². The van der Waals surface area contributed by atoms with E-state index < -0.39 is 70.6 Å². The van der Waals surface area contributed by atoms with E-state index in [0.29, 0.717) is 0 Å². The zero-order valence-corrected chi connectivity index (χ0v) is 41.4. The third kappa shape index (κ3) is 33.0. The van der Waals surface area contributed by atoms with E-state index in [1.807, 2.05) is 0 Å². The number of carbonyl (C=O) groups excluding carboxylic acids is 6. The molecular formula is C43H65F5N14O13. The Kier molecular flexibility index (Phi) is 38.7. The minimum Gasteiger partial charge on any atom is -0.418 e. The second-order valence-corrected chi connectivity index (χ2v) is 15.4. The van der Waals surface area contributed by atoms with Gasteiger partial charge in [0.1, 0.15) is 12.1 Å². The van der Waals surface area contributed by atoms with Crippen LogP contribution in [0.5, 0.6) is 5.75 Å². The van der Waals surface area contributed by atoms with E-state index in [0.717, 1.165) is 0 Å². The van der Waals surface area contributed by atoms with Gasteiger partial charge in [0.25, 0.3) is 0 Å². The van der Waals surface area contributed by atoms with E-state index in [2.05, 4.69) is 61.4 Å². The van der Waals surface area contributed by atoms with Crippen molar-refractivity contribution in [2.75, 3.05) is 119 Å². The number of halogens is 5. The molecule has 0 aliphatic rings. The molecule has 0 spiro atoms. The Bertz CT molecular complexity index is 2020. The lowest BCUT2D eigenvalue weighted by atomic mass is 10.1. The molecule has 0 aliphatic carbocycles. The lowest BCUT2D eigenvalue weighted by molar-refractivity contribution is -0.140. The Morgan fingerprint density at radius 3 is 1.19 bits per heavy atom. The van der Waals surface area contributed by atoms with Crippen LogP contribution in [0.2, 0.25) is 0 Å². The molecular weight excluding hydrogens is 1020 g/mol. The highest BCUT2D eigenvalue weighted by Crippen LogP contribution is 2.29. The van der Waals surface area contributed by atoms with Crippen LogP contribution >= 0.6 is 0 Å². The maximum atomic E-state index is 14.6. The number of nitrogens with one attached hydrogen (secondary N) is 5. The predicted octanol–water partition coefficient (Wildman–Crippen LogP) is 3.93. The summed E-state index contributed by atoms with van der Waals surface area (Å²) in [6.45, 7) is 2.70. The molecule has 420 valence electrons. The summed E-state index contributed by atoms with van der Waals surface area (Å²) in [5.74, 6) is -18.5. The second kappa shape index (κ2) is 43.7. The maximum Gasteiger partial charge on any atom is 0.334 e. The fourth-order valence-corrected chi connectivity index (χ4v) is 5.96. The number of amides is 5. The first-order chi connectivity index (χ1) is 36.3. The second-order valence-electron chi connectivity index (χ2n) is 15.4. The number of ether oxygens (including phenoxy) is 7. The largest absolute Gasteiger partial charge is 0.418 e. The van der Waals surface area contributed by atoms with Gasteiger partial charge in [-0.05, 0) is 61.5 Å². The molecule has 2 atom stereocenters. The van der Waals surface area contributed by atoms with E-state index in [1.54, 1.807) is 0 Å². The number of hydrogen-bond donors (Lipinski definition) is 5. The molecule has 0 saturated heterocycles. The van der Waals surface area contributed by atoms with Crippen LogP contribution in [0.25, 0.3) is 31.3 Å². The first-order valence-corrected chi connectivity index (χ1v) is 23.9. The van der Waals surface area contributed by atoms with Gasteiger partial charge in [-0.25, -0.2) is 18.0 Å². The van der Waals surface area contributed by atoms with Gasteiger partial charge >= 0.3 is 5.97 Å². The summed E-state index contributed by atoms with van der Waals surface area (Å²) >= 11 is 0. The van der Waals surface area contributed by atoms with Gasteiger partial charge in [0.2, 0.25) is 64.4 Å². The van der Waals surface area contributed by atoms with Crippen molar-refractivity contribution < 1.29 is 83.9 Å². The SMILES string of the molecule is [N-]=[N+]=NCCOCCOCCC(=O)NCCCCC(NC(=O)CCCNC(=O)CCOCCOCCN=[N+]=[N-])C(=O)NC(CCCCNC(=O)CCOCCOCCN=[N+]=[N-])C(=O)Oc1c(F)c(F)c(F)c(F)c1F. The Morgan fingerprint density at radius 1 is 0.427 bits per heavy atom. The van der Waals surface area contributed by atoms with Gasteiger partial charge in [-0.3, -0.25) is 24.0 Å². The number of unbranched alkanes of at least 4 members (excludes halogenated alkanes) is 2. The minimum absolute atomic E-state index is 0.00182. The molecule has 0 aromatic heterocycles. The Hall–Kier alpha value is -6.62. The fourth-order valence-electron chi connectivity index (χ4n) is 5.96. The summed E-state index contributed by atoms with van der Waals surface area (Å²) in [5, 5.41) is 22.8. The van der Waals surface area contributed by atoms with E-state index in [9.17, 15) is 50.7 Å². The van der Waals surface area contributed by atoms with Crippen molar-refractivity contribution in [3.05, 3.63) is 60.4 Å². The van der Waals surface area contributed by atoms with Gasteiger partial charge in [0, 0.05) is 79.7 Å². The Balaban J connectivity index is 2.97. The van der Waals surface area contributed by atoms with Crippen LogP contribution in [-0.4, -0.2) is 166 Å². The molecule has 2 unspecified atom stereocenters. The van der Waals surface area contributed by atoms with E-state index in [-0.39, 0.29) is 201 Å². The van der Waals surface area contributed by atoms with Gasteiger partial charge in [0.15, 0.2) is 0 Å². The van der Waals surface area contributed by atoms with Crippen molar-refractivity contribution >= 4 is 35.5 Å². The van der Waals surface area contributed by atoms with Gasteiger partial charge in [-0.15, -0.1) is 0 Å². The minimum atomic E-state index is -2.51. The molecule has 0 fully saturated rings. The Labute approximate surface area is 428 Å². The molecule has 32 heteroatoms. The quantitative estimate of drug-likeness (QED) is 0.00712. The molecule has 1 aromatic carbocycles. The van der Waals surface area contributed by atoms with Crippen molar-refractivity contribution in [2.45, 2.75) is 82.7 Å². The van der Waals surface area contributed by atoms with Crippen molar-refractivity contribution in [3.63, 3.8) is 0 Å². The lowest BCUT2D eigenvalue weighted by Crippen LogP contribution is -2.52. The number of esters is 1. The van der Waals surface area contributed by atoms with Gasteiger partial charge in [-0.1, -0.05) is 15.3 Å². The standard InChI is InChI=1S/C43H65F5N14O13/c44-36-37(45)39(47)41(40(48)38(36)46)75-43(68)31(7-2-4-13-53-33(64)10-19-70-25-28-73-22-16-56-61-50)59-42(67)30(6-1-3-12-52-32(63)9-18-69-24-27-72-21-15-55-60-49)58-35(66)8-5-14-54-34(65)11-20-71-26-29-74-23-17-57-62-51/h30-31H,1-29H2,(H,52,63)(H,53,64)(H,54,65)(H,58,66)(H,59,67). The van der Waals surface area contributed by atoms with Crippen molar-refractivity contribution in [1.82, 2.24) is 26.6 Å². The van der Waals surface area contributed by atoms with Crippen LogP contribution in [0.3, 0.4) is 0 Å². The smallest absolute Gasteiger partial charge is 0.334 e. The molecule has 0 radical (unpaired) electrons. The molecule has 0 heterocycles. The monoisotopic (exact) mass is 1080 g/mol. The molecule has 5 N–H and O–H groups in total. The molecule has 27 nitrogen and oxygen atoms in total. The van der Waals surface area contributed by atoms with E-state index >= 15 is 0 Å². The third-order valence-electron chi connectivity index (χ3n) is 9.74. The first-order valence-electron chi connectivity index (χ1n) is 23.9. The molecule has 0 bridgehead atoms. The molecule has 1 rings (SSSR count). The highest BCUT2D eigenvalue weighted by Gasteiger charge is 2.33. The van der Waals surface area contributed by atoms with Crippen LogP contribution in [0, 0.1) is 29.1 Å². The normalized spacial score (nSPS) is 11.5. The van der Waals surface area contributed by atoms with Crippen molar-refractivity contribution in [2.24, 2.45) is 15.3 Å². The molecule has 0 saturated carbocycles. The van der Waals surface area contributed by atoms with Gasteiger partial charge in [0.05, 0.1) is 79.3 Å². The number of carbonyl (C=O) groups is 6. The summed E-state index contributed by atoms with van der Waals surface area (Å²) in [5.41, 5.74) is 24.8. The van der Waals surface area contributed by atoms with Gasteiger partial charge in [-0.2, -0.15) is 8.78 Å². The molecule has 1 aromatic rings. The average molecular weight is 1080 g/mol. The van der Waals surface area contributed by atoms with Crippen LogP contribution < -0.4 is 31.3 Å². The molecule has 5 amide bonds. The zero-order valence-electron chi connectivity index (χ0n) is 41.4. The van der Waals surface area contributed by atoms with E-state index in [1.165, 1.54) is 0 Å². The van der Waals surface area contributed by atoms with Crippen LogP contribution in [0.4, 0.5) is 22.0 Å². The Morgan fingerprint density at radius 2 is 0.787 bits per heavy atom. The van der Waals surface area contributed by atoms with Crippen LogP contribution in [0.1, 0.15) is 70.6 Å². The maximum absolute atomic E-state index is 14.6. The molecule has 75 heavy (non-hydrogen) atoms. The highest BCUT2D eigenvalue weighted by atomic mass is 19.2. The van der Waals surface area contributed by atoms with E-state index in [4.69, 9.17) is 45.0 Å². The third-order valence-corrected chi connectivity index (χ3v) is 9.74. The number of hydrogen-bond acceptors (Lipinski definition) is 16. The summed E-state index contributed by atoms with van der Waals surface area (Å²) < 4.78 is 107. The topological polar surface area (TPSA) is 373 Å². The summed E-state index contributed by atoms with van der Waals surface area (Å²) in [6, 6.07) is -3.19. The zero-order chi connectivity index (χ0) is 55.3. The number of rotatable bonds is 46. The molecule has 0 aliphatic heterocycles. The summed E-state index contributed by atoms with van der Waals surface area (Å²) in [4.78, 5) is 85.2. The average Bonchev–Trinajstić information content (AvgIpc) is 3.39. The van der Waals surface area contributed by atoms with Crippen LogP contribution in [-0.2, 0) is 57.2 Å². The van der Waals surface area contributed by atoms with Crippen molar-refractivity contribution in [3.8, 4) is 5.75 Å². The summed E-state index contributed by atoms with van der Waals surface area (Å²) in [6.07, 6.45) is 0.0843.